The molecule has 0 saturated carbocycles. The fraction of sp³-hybridized carbons (Fsp3) is 0. The summed E-state index contributed by atoms with van der Waals surface area (Å²) in [5.41, 5.74) is 1.97. The van der Waals surface area contributed by atoms with Crippen LogP contribution in [0.5, 0.6) is 0 Å². The van der Waals surface area contributed by atoms with Crippen molar-refractivity contribution in [1.82, 2.24) is 0 Å². The summed E-state index contributed by atoms with van der Waals surface area (Å²) in [5, 5.41) is 0. The predicted octanol–water partition coefficient (Wildman–Crippen LogP) is 5.56. The molecule has 0 bridgehead atoms. The fourth-order valence-corrected chi connectivity index (χ4v) is 2.52. The molecule has 0 saturated heterocycles. The standard InChI is InChI=1S/C13H9Br2NS2/c14-9-1-5-11(6-2-9)16(13(17)18)12-7-3-10(15)4-8-12/h1-8H,(H,17,18). The number of hydrogen-bond acceptors (Lipinski definition) is 1. The molecule has 0 amide bonds. The van der Waals surface area contributed by atoms with E-state index in [9.17, 15) is 0 Å². The molecule has 0 aromatic heterocycles. The second-order valence-corrected chi connectivity index (χ2v) is 6.52. The SMILES string of the molecule is S=C(S)N(c1ccc(Br)cc1)c1ccc(Br)cc1. The van der Waals surface area contributed by atoms with Gasteiger partial charge in [-0.3, -0.25) is 4.90 Å². The molecule has 18 heavy (non-hydrogen) atoms. The number of anilines is 2. The molecule has 0 radical (unpaired) electrons. The van der Waals surface area contributed by atoms with Crippen molar-refractivity contribution in [3.05, 3.63) is 57.5 Å². The summed E-state index contributed by atoms with van der Waals surface area (Å²) >= 11 is 16.4. The molecule has 2 aromatic carbocycles. The number of thiol groups is 1. The molecule has 0 heterocycles. The highest BCUT2D eigenvalue weighted by molar-refractivity contribution is 9.10. The van der Waals surface area contributed by atoms with E-state index >= 15 is 0 Å². The molecule has 0 aliphatic carbocycles. The second kappa shape index (κ2) is 6.19. The van der Waals surface area contributed by atoms with Crippen molar-refractivity contribution in [2.75, 3.05) is 4.90 Å². The molecule has 0 N–H and O–H groups in total. The van der Waals surface area contributed by atoms with E-state index in [0.717, 1.165) is 20.3 Å². The van der Waals surface area contributed by atoms with E-state index in [1.165, 1.54) is 0 Å². The van der Waals surface area contributed by atoms with E-state index < -0.39 is 0 Å². The number of thiocarbonyl (C=S) groups is 1. The molecule has 0 unspecified atom stereocenters. The highest BCUT2D eigenvalue weighted by Crippen LogP contribution is 2.29. The van der Waals surface area contributed by atoms with E-state index in [1.54, 1.807) is 0 Å². The minimum Gasteiger partial charge on any atom is -0.296 e. The van der Waals surface area contributed by atoms with Gasteiger partial charge in [0.15, 0.2) is 0 Å². The van der Waals surface area contributed by atoms with Crippen LogP contribution in [-0.2, 0) is 0 Å². The first kappa shape index (κ1) is 14.1. The smallest absolute Gasteiger partial charge is 0.142 e. The van der Waals surface area contributed by atoms with Gasteiger partial charge in [0.2, 0.25) is 0 Å². The summed E-state index contributed by atoms with van der Waals surface area (Å²) in [4.78, 5) is 1.91. The molecule has 0 aliphatic rings. The molecule has 0 atom stereocenters. The van der Waals surface area contributed by atoms with Crippen molar-refractivity contribution < 1.29 is 0 Å². The third-order valence-corrected chi connectivity index (χ3v) is 3.80. The summed E-state index contributed by atoms with van der Waals surface area (Å²) in [5.74, 6) is 0. The summed E-state index contributed by atoms with van der Waals surface area (Å²) < 4.78 is 2.58. The van der Waals surface area contributed by atoms with Gasteiger partial charge in [-0.05, 0) is 48.5 Å². The number of halogens is 2. The van der Waals surface area contributed by atoms with E-state index in [-0.39, 0.29) is 0 Å². The third-order valence-electron chi connectivity index (χ3n) is 2.36. The quantitative estimate of drug-likeness (QED) is 0.517. The molecule has 5 heteroatoms. The van der Waals surface area contributed by atoms with Gasteiger partial charge in [0.1, 0.15) is 4.32 Å². The van der Waals surface area contributed by atoms with Crippen LogP contribution in [0.3, 0.4) is 0 Å². The van der Waals surface area contributed by atoms with Gasteiger partial charge in [-0.2, -0.15) is 0 Å². The van der Waals surface area contributed by atoms with Crippen LogP contribution in [-0.4, -0.2) is 4.32 Å². The summed E-state index contributed by atoms with van der Waals surface area (Å²) in [6.07, 6.45) is 0. The van der Waals surface area contributed by atoms with Gasteiger partial charge in [0.25, 0.3) is 0 Å². The molecular formula is C13H9Br2NS2. The zero-order chi connectivity index (χ0) is 13.1. The lowest BCUT2D eigenvalue weighted by atomic mass is 10.2. The zero-order valence-electron chi connectivity index (χ0n) is 9.18. The van der Waals surface area contributed by atoms with Crippen molar-refractivity contribution in [2.45, 2.75) is 0 Å². The lowest BCUT2D eigenvalue weighted by Gasteiger charge is -2.23. The highest BCUT2D eigenvalue weighted by Gasteiger charge is 2.11. The normalized spacial score (nSPS) is 10.2. The van der Waals surface area contributed by atoms with E-state index in [0.29, 0.717) is 4.32 Å². The molecule has 92 valence electrons. The summed E-state index contributed by atoms with van der Waals surface area (Å²) in [6.45, 7) is 0. The van der Waals surface area contributed by atoms with Crippen LogP contribution in [0.4, 0.5) is 11.4 Å². The third kappa shape index (κ3) is 3.35. The first-order valence-electron chi connectivity index (χ1n) is 5.12. The average molecular weight is 403 g/mol. The monoisotopic (exact) mass is 401 g/mol. The molecular weight excluding hydrogens is 394 g/mol. The van der Waals surface area contributed by atoms with Gasteiger partial charge in [-0.25, -0.2) is 0 Å². The molecule has 2 aromatic rings. The van der Waals surface area contributed by atoms with Crippen molar-refractivity contribution in [2.24, 2.45) is 0 Å². The number of nitrogens with zero attached hydrogens (tertiary/aromatic N) is 1. The van der Waals surface area contributed by atoms with Crippen LogP contribution in [0, 0.1) is 0 Å². The van der Waals surface area contributed by atoms with E-state index in [2.05, 4.69) is 44.5 Å². The maximum absolute atomic E-state index is 5.21. The van der Waals surface area contributed by atoms with Gasteiger partial charge in [-0.1, -0.05) is 44.1 Å². The van der Waals surface area contributed by atoms with E-state index in [1.807, 2.05) is 53.4 Å². The van der Waals surface area contributed by atoms with Crippen molar-refractivity contribution in [1.29, 1.82) is 0 Å². The Morgan fingerprint density at radius 1 is 0.833 bits per heavy atom. The largest absolute Gasteiger partial charge is 0.296 e. The van der Waals surface area contributed by atoms with Crippen LogP contribution in [0.25, 0.3) is 0 Å². The molecule has 0 spiro atoms. The number of hydrogen-bond donors (Lipinski definition) is 1. The summed E-state index contributed by atoms with van der Waals surface area (Å²) in [6, 6.07) is 15.9. The Hall–Kier alpha value is -0.360. The highest BCUT2D eigenvalue weighted by atomic mass is 79.9. The summed E-state index contributed by atoms with van der Waals surface area (Å²) in [7, 11) is 0. The molecule has 2 rings (SSSR count). The van der Waals surface area contributed by atoms with Gasteiger partial charge >= 0.3 is 0 Å². The van der Waals surface area contributed by atoms with Crippen LogP contribution >= 0.6 is 56.7 Å². The van der Waals surface area contributed by atoms with E-state index in [4.69, 9.17) is 12.2 Å². The lowest BCUT2D eigenvalue weighted by molar-refractivity contribution is 1.38. The Labute approximate surface area is 134 Å². The number of rotatable bonds is 2. The maximum Gasteiger partial charge on any atom is 0.142 e. The Morgan fingerprint density at radius 2 is 1.17 bits per heavy atom. The lowest BCUT2D eigenvalue weighted by Crippen LogP contribution is -2.19. The van der Waals surface area contributed by atoms with Crippen LogP contribution < -0.4 is 4.90 Å². The van der Waals surface area contributed by atoms with Crippen LogP contribution in [0.1, 0.15) is 0 Å². The van der Waals surface area contributed by atoms with Crippen molar-refractivity contribution in [3.63, 3.8) is 0 Å². The topological polar surface area (TPSA) is 3.24 Å². The molecule has 0 aliphatic heterocycles. The Bertz CT molecular complexity index is 507. The Kier molecular flexibility index (Phi) is 4.84. The first-order chi connectivity index (χ1) is 8.58. The zero-order valence-corrected chi connectivity index (χ0v) is 14.1. The average Bonchev–Trinajstić information content (AvgIpc) is 2.34. The molecule has 0 fully saturated rings. The Morgan fingerprint density at radius 3 is 1.44 bits per heavy atom. The predicted molar refractivity (Wildman–Crippen MR) is 92.0 cm³/mol. The van der Waals surface area contributed by atoms with Crippen LogP contribution in [0.2, 0.25) is 0 Å². The minimum atomic E-state index is 0.514. The van der Waals surface area contributed by atoms with Crippen molar-refractivity contribution >= 4 is 72.4 Å². The van der Waals surface area contributed by atoms with Gasteiger partial charge in [0, 0.05) is 20.3 Å². The van der Waals surface area contributed by atoms with Crippen molar-refractivity contribution in [3.8, 4) is 0 Å². The van der Waals surface area contributed by atoms with Crippen LogP contribution in [0.15, 0.2) is 57.5 Å². The fourth-order valence-electron chi connectivity index (χ4n) is 1.55. The second-order valence-electron chi connectivity index (χ2n) is 3.57. The minimum absolute atomic E-state index is 0.514. The molecule has 1 nitrogen and oxygen atoms in total. The van der Waals surface area contributed by atoms with Gasteiger partial charge < -0.3 is 0 Å². The number of benzene rings is 2. The van der Waals surface area contributed by atoms with Gasteiger partial charge in [-0.15, -0.1) is 12.6 Å². The van der Waals surface area contributed by atoms with Gasteiger partial charge in [0.05, 0.1) is 0 Å². The first-order valence-corrected chi connectivity index (χ1v) is 7.56. The maximum atomic E-state index is 5.21. The Balaban J connectivity index is 2.43.